The van der Waals surface area contributed by atoms with Gasteiger partial charge in [-0.1, -0.05) is 50.3 Å². The van der Waals surface area contributed by atoms with Crippen LogP contribution in [0.1, 0.15) is 19.4 Å². The SMILES string of the molecule is CC1(C)[C@H](C(=O)OCc2ccccc2)[C@@H]1C=C(Br)Br. The zero-order chi connectivity index (χ0) is 14.0. The Morgan fingerprint density at radius 3 is 2.53 bits per heavy atom. The Hall–Kier alpha value is -0.610. The molecule has 19 heavy (non-hydrogen) atoms. The number of esters is 1. The fraction of sp³-hybridized carbons (Fsp3) is 0.400. The maximum absolute atomic E-state index is 12.1. The molecule has 0 saturated heterocycles. The molecule has 0 spiro atoms. The highest BCUT2D eigenvalue weighted by molar-refractivity contribution is 9.28. The highest BCUT2D eigenvalue weighted by atomic mass is 79.9. The third-order valence-electron chi connectivity index (χ3n) is 3.69. The zero-order valence-electron chi connectivity index (χ0n) is 10.9. The number of hydrogen-bond donors (Lipinski definition) is 0. The van der Waals surface area contributed by atoms with Gasteiger partial charge < -0.3 is 4.74 Å². The van der Waals surface area contributed by atoms with E-state index in [4.69, 9.17) is 4.74 Å². The molecule has 102 valence electrons. The molecule has 2 nitrogen and oxygen atoms in total. The van der Waals surface area contributed by atoms with E-state index in [0.717, 1.165) is 8.96 Å². The van der Waals surface area contributed by atoms with Crippen molar-refractivity contribution >= 4 is 37.8 Å². The number of rotatable bonds is 4. The van der Waals surface area contributed by atoms with Crippen LogP contribution in [0.5, 0.6) is 0 Å². The molecule has 0 aliphatic heterocycles. The summed E-state index contributed by atoms with van der Waals surface area (Å²) in [5.74, 6) is 0.0576. The summed E-state index contributed by atoms with van der Waals surface area (Å²) in [4.78, 5) is 12.1. The second kappa shape index (κ2) is 5.80. The average Bonchev–Trinajstić information content (AvgIpc) is 2.88. The van der Waals surface area contributed by atoms with E-state index in [0.29, 0.717) is 6.61 Å². The van der Waals surface area contributed by atoms with E-state index in [1.807, 2.05) is 36.4 Å². The molecule has 1 aliphatic rings. The molecule has 1 saturated carbocycles. The number of carbonyl (C=O) groups is 1. The van der Waals surface area contributed by atoms with Crippen molar-refractivity contribution in [1.82, 2.24) is 0 Å². The molecule has 2 rings (SSSR count). The van der Waals surface area contributed by atoms with Crippen molar-refractivity contribution in [2.75, 3.05) is 0 Å². The van der Waals surface area contributed by atoms with Crippen LogP contribution < -0.4 is 0 Å². The lowest BCUT2D eigenvalue weighted by Gasteiger charge is -2.05. The van der Waals surface area contributed by atoms with Gasteiger partial charge >= 0.3 is 5.97 Å². The van der Waals surface area contributed by atoms with Crippen LogP contribution in [0.15, 0.2) is 39.8 Å². The van der Waals surface area contributed by atoms with Gasteiger partial charge in [-0.15, -0.1) is 0 Å². The summed E-state index contributed by atoms with van der Waals surface area (Å²) in [7, 11) is 0. The summed E-state index contributed by atoms with van der Waals surface area (Å²) in [5.41, 5.74) is 0.990. The van der Waals surface area contributed by atoms with Gasteiger partial charge in [0.05, 0.1) is 9.31 Å². The molecule has 1 aliphatic carbocycles. The number of hydrogen-bond acceptors (Lipinski definition) is 2. The van der Waals surface area contributed by atoms with Crippen LogP contribution in [0.2, 0.25) is 0 Å². The molecule has 0 unspecified atom stereocenters. The van der Waals surface area contributed by atoms with E-state index in [2.05, 4.69) is 45.7 Å². The molecule has 4 heteroatoms. The van der Waals surface area contributed by atoms with Gasteiger partial charge in [0, 0.05) is 0 Å². The first-order valence-electron chi connectivity index (χ1n) is 6.16. The van der Waals surface area contributed by atoms with Gasteiger partial charge in [0.25, 0.3) is 0 Å². The Morgan fingerprint density at radius 1 is 1.32 bits per heavy atom. The van der Waals surface area contributed by atoms with Crippen molar-refractivity contribution in [2.24, 2.45) is 17.3 Å². The monoisotopic (exact) mass is 386 g/mol. The van der Waals surface area contributed by atoms with Gasteiger partial charge in [-0.05, 0) is 48.8 Å². The number of halogens is 2. The zero-order valence-corrected chi connectivity index (χ0v) is 14.1. The molecule has 0 N–H and O–H groups in total. The number of allylic oxidation sites excluding steroid dienone is 1. The second-order valence-corrected chi connectivity index (χ2v) is 8.15. The van der Waals surface area contributed by atoms with Crippen LogP contribution in [0.4, 0.5) is 0 Å². The van der Waals surface area contributed by atoms with Gasteiger partial charge in [-0.2, -0.15) is 0 Å². The quantitative estimate of drug-likeness (QED) is 0.703. The largest absolute Gasteiger partial charge is 0.461 e. The van der Waals surface area contributed by atoms with Crippen LogP contribution in [0.25, 0.3) is 0 Å². The van der Waals surface area contributed by atoms with Crippen LogP contribution in [0, 0.1) is 17.3 Å². The van der Waals surface area contributed by atoms with E-state index < -0.39 is 0 Å². The van der Waals surface area contributed by atoms with Gasteiger partial charge in [-0.3, -0.25) is 4.79 Å². The predicted octanol–water partition coefficient (Wildman–Crippen LogP) is 4.63. The summed E-state index contributed by atoms with van der Waals surface area (Å²) >= 11 is 6.69. The Labute approximate surface area is 130 Å². The lowest BCUT2D eigenvalue weighted by Crippen LogP contribution is -2.10. The minimum absolute atomic E-state index is 0.0272. The molecule has 0 radical (unpaired) electrons. The van der Waals surface area contributed by atoms with E-state index in [-0.39, 0.29) is 23.2 Å². The molecule has 0 bridgehead atoms. The number of ether oxygens (including phenoxy) is 1. The Kier molecular flexibility index (Phi) is 4.51. The third kappa shape index (κ3) is 3.48. The van der Waals surface area contributed by atoms with Crippen molar-refractivity contribution in [1.29, 1.82) is 0 Å². The van der Waals surface area contributed by atoms with Crippen molar-refractivity contribution in [2.45, 2.75) is 20.5 Å². The van der Waals surface area contributed by atoms with Crippen molar-refractivity contribution in [3.8, 4) is 0 Å². The smallest absolute Gasteiger partial charge is 0.310 e. The maximum atomic E-state index is 12.1. The minimum atomic E-state index is -0.114. The van der Waals surface area contributed by atoms with Crippen LogP contribution in [0.3, 0.4) is 0 Å². The fourth-order valence-electron chi connectivity index (χ4n) is 2.39. The Morgan fingerprint density at radius 2 is 1.95 bits per heavy atom. The molecule has 2 atom stereocenters. The van der Waals surface area contributed by atoms with E-state index in [9.17, 15) is 4.79 Å². The maximum Gasteiger partial charge on any atom is 0.310 e. The third-order valence-corrected chi connectivity index (χ3v) is 4.22. The molecule has 0 aromatic heterocycles. The summed E-state index contributed by atoms with van der Waals surface area (Å²) < 4.78 is 6.29. The first-order chi connectivity index (χ1) is 8.93. The van der Waals surface area contributed by atoms with Gasteiger partial charge in [0.15, 0.2) is 0 Å². The summed E-state index contributed by atoms with van der Waals surface area (Å²) in [6.45, 7) is 4.52. The summed E-state index contributed by atoms with van der Waals surface area (Å²) in [6.07, 6.45) is 2.02. The predicted molar refractivity (Wildman–Crippen MR) is 82.9 cm³/mol. The molecular weight excluding hydrogens is 372 g/mol. The summed E-state index contributed by atoms with van der Waals surface area (Å²) in [6, 6.07) is 9.74. The lowest BCUT2D eigenvalue weighted by molar-refractivity contribution is -0.147. The van der Waals surface area contributed by atoms with Gasteiger partial charge in [0.1, 0.15) is 6.61 Å². The van der Waals surface area contributed by atoms with Crippen molar-refractivity contribution in [3.05, 3.63) is 45.4 Å². The Balaban J connectivity index is 1.93. The molecule has 1 fully saturated rings. The number of carbonyl (C=O) groups excluding carboxylic acids is 1. The fourth-order valence-corrected chi connectivity index (χ4v) is 2.96. The topological polar surface area (TPSA) is 26.3 Å². The minimum Gasteiger partial charge on any atom is -0.461 e. The molecule has 1 aromatic carbocycles. The van der Waals surface area contributed by atoms with E-state index in [1.54, 1.807) is 0 Å². The standard InChI is InChI=1S/C15H16Br2O2/c1-15(2)11(8-12(16)17)13(15)14(18)19-9-10-6-4-3-5-7-10/h3-8,11,13H,9H2,1-2H3/t11-,13-/m0/s1. The first-order valence-corrected chi connectivity index (χ1v) is 7.75. The molecule has 1 aromatic rings. The van der Waals surface area contributed by atoms with Gasteiger partial charge in [0.2, 0.25) is 0 Å². The van der Waals surface area contributed by atoms with Crippen molar-refractivity contribution in [3.63, 3.8) is 0 Å². The Bertz CT molecular complexity index is 490. The molecule has 0 heterocycles. The van der Waals surface area contributed by atoms with Crippen LogP contribution in [-0.2, 0) is 16.1 Å². The van der Waals surface area contributed by atoms with Gasteiger partial charge in [-0.25, -0.2) is 0 Å². The first kappa shape index (κ1) is 14.8. The molecule has 0 amide bonds. The lowest BCUT2D eigenvalue weighted by atomic mass is 10.1. The van der Waals surface area contributed by atoms with Crippen molar-refractivity contribution < 1.29 is 9.53 Å². The average molecular weight is 388 g/mol. The normalized spacial score (nSPS) is 23.6. The highest BCUT2D eigenvalue weighted by Crippen LogP contribution is 2.60. The summed E-state index contributed by atoms with van der Waals surface area (Å²) in [5, 5.41) is 0. The van der Waals surface area contributed by atoms with E-state index >= 15 is 0 Å². The van der Waals surface area contributed by atoms with Crippen LogP contribution >= 0.6 is 31.9 Å². The molecular formula is C15H16Br2O2. The number of benzene rings is 1. The second-order valence-electron chi connectivity index (χ2n) is 5.37. The van der Waals surface area contributed by atoms with E-state index in [1.165, 1.54) is 0 Å². The highest BCUT2D eigenvalue weighted by Gasteiger charge is 2.61. The van der Waals surface area contributed by atoms with Crippen LogP contribution in [-0.4, -0.2) is 5.97 Å².